The van der Waals surface area contributed by atoms with Crippen LogP contribution >= 0.6 is 12.6 Å². The zero-order valence-electron chi connectivity index (χ0n) is 10.9. The zero-order valence-corrected chi connectivity index (χ0v) is 11.8. The van der Waals surface area contributed by atoms with Crippen LogP contribution in [0.1, 0.15) is 29.6 Å². The van der Waals surface area contributed by atoms with Gasteiger partial charge in [-0.15, -0.1) is 12.6 Å². The van der Waals surface area contributed by atoms with Crippen molar-refractivity contribution < 1.29 is 13.9 Å². The lowest BCUT2D eigenvalue weighted by Crippen LogP contribution is -2.37. The second-order valence-corrected chi connectivity index (χ2v) is 5.32. The minimum Gasteiger partial charge on any atom is -0.376 e. The number of nitrogens with zero attached hydrogens (tertiary/aromatic N) is 1. The minimum atomic E-state index is -0.418. The number of carbonyl (C=O) groups excluding carboxylic acids is 1. The molecule has 0 bridgehead atoms. The molecule has 104 valence electrons. The molecular weight excluding hydrogens is 265 g/mol. The second kappa shape index (κ2) is 6.39. The zero-order chi connectivity index (χ0) is 13.8. The quantitative estimate of drug-likeness (QED) is 0.864. The molecule has 1 atom stereocenters. The Balaban J connectivity index is 1.99. The largest absolute Gasteiger partial charge is 0.376 e. The van der Waals surface area contributed by atoms with E-state index in [2.05, 4.69) is 12.6 Å². The summed E-state index contributed by atoms with van der Waals surface area (Å²) in [5.41, 5.74) is 0.449. The summed E-state index contributed by atoms with van der Waals surface area (Å²) in [5, 5.41) is 0. The molecule has 1 aromatic rings. The monoisotopic (exact) mass is 283 g/mol. The van der Waals surface area contributed by atoms with E-state index < -0.39 is 5.82 Å². The lowest BCUT2D eigenvalue weighted by molar-refractivity contribution is -0.000194. The lowest BCUT2D eigenvalue weighted by Gasteiger charge is -2.27. The van der Waals surface area contributed by atoms with E-state index in [1.807, 2.05) is 0 Å². The maximum Gasteiger partial charge on any atom is 0.253 e. The molecule has 0 saturated carbocycles. The van der Waals surface area contributed by atoms with Crippen molar-refractivity contribution in [3.05, 3.63) is 29.6 Å². The molecule has 0 spiro atoms. The number of hydrogen-bond acceptors (Lipinski definition) is 3. The number of hydrogen-bond donors (Lipinski definition) is 1. The third kappa shape index (κ3) is 3.70. The van der Waals surface area contributed by atoms with Gasteiger partial charge in [0.25, 0.3) is 5.91 Å². The van der Waals surface area contributed by atoms with Gasteiger partial charge >= 0.3 is 0 Å². The van der Waals surface area contributed by atoms with Crippen LogP contribution in [0.4, 0.5) is 4.39 Å². The van der Waals surface area contributed by atoms with Gasteiger partial charge in [0, 0.05) is 30.7 Å². The predicted molar refractivity (Wildman–Crippen MR) is 74.2 cm³/mol. The average molecular weight is 283 g/mol. The van der Waals surface area contributed by atoms with E-state index in [1.165, 1.54) is 18.2 Å². The second-order valence-electron chi connectivity index (χ2n) is 4.84. The number of likely N-dealkylation sites (N-methyl/N-ethyl adjacent to an activating group) is 1. The van der Waals surface area contributed by atoms with E-state index in [0.717, 1.165) is 25.9 Å². The van der Waals surface area contributed by atoms with E-state index in [9.17, 15) is 9.18 Å². The van der Waals surface area contributed by atoms with Gasteiger partial charge in [-0.3, -0.25) is 4.79 Å². The standard InChI is InChI=1S/C14H18FNO2S/c1-16(9-11-4-2-3-7-18-11)14(17)10-5-6-12(15)13(19)8-10/h5-6,8,11,19H,2-4,7,9H2,1H3. The smallest absolute Gasteiger partial charge is 0.253 e. The molecular formula is C14H18FNO2S. The predicted octanol–water partition coefficient (Wildman–Crippen LogP) is 2.76. The Bertz CT molecular complexity index is 461. The van der Waals surface area contributed by atoms with Crippen LogP contribution in [0.2, 0.25) is 0 Å². The first-order chi connectivity index (χ1) is 9.08. The highest BCUT2D eigenvalue weighted by molar-refractivity contribution is 7.80. The third-order valence-electron chi connectivity index (χ3n) is 3.29. The summed E-state index contributed by atoms with van der Waals surface area (Å²) in [6.07, 6.45) is 3.33. The fraction of sp³-hybridized carbons (Fsp3) is 0.500. The fourth-order valence-electron chi connectivity index (χ4n) is 2.21. The van der Waals surface area contributed by atoms with Crippen LogP contribution in [0, 0.1) is 5.82 Å². The SMILES string of the molecule is CN(CC1CCCCO1)C(=O)c1ccc(F)c(S)c1. The number of rotatable bonds is 3. The van der Waals surface area contributed by atoms with Gasteiger partial charge in [-0.25, -0.2) is 4.39 Å². The fourth-order valence-corrected chi connectivity index (χ4v) is 2.42. The van der Waals surface area contributed by atoms with Crippen LogP contribution in [0.15, 0.2) is 23.1 Å². The van der Waals surface area contributed by atoms with Gasteiger partial charge in [0.1, 0.15) is 5.82 Å². The summed E-state index contributed by atoms with van der Waals surface area (Å²) in [4.78, 5) is 14.0. The molecule has 0 aromatic heterocycles. The van der Waals surface area contributed by atoms with Gasteiger partial charge in [0.15, 0.2) is 0 Å². The Morgan fingerprint density at radius 1 is 1.53 bits per heavy atom. The van der Waals surface area contributed by atoms with Gasteiger partial charge in [-0.2, -0.15) is 0 Å². The Labute approximate surface area is 118 Å². The van der Waals surface area contributed by atoms with Crippen molar-refractivity contribution >= 4 is 18.5 Å². The van der Waals surface area contributed by atoms with Crippen molar-refractivity contribution in [2.75, 3.05) is 20.2 Å². The van der Waals surface area contributed by atoms with Gasteiger partial charge in [-0.05, 0) is 37.5 Å². The normalized spacial score (nSPS) is 19.2. The van der Waals surface area contributed by atoms with E-state index in [-0.39, 0.29) is 16.9 Å². The molecule has 0 aliphatic carbocycles. The Morgan fingerprint density at radius 3 is 2.95 bits per heavy atom. The van der Waals surface area contributed by atoms with Crippen LogP contribution in [-0.2, 0) is 4.74 Å². The summed E-state index contributed by atoms with van der Waals surface area (Å²) in [6.45, 7) is 1.34. The van der Waals surface area contributed by atoms with Crippen LogP contribution < -0.4 is 0 Å². The summed E-state index contributed by atoms with van der Waals surface area (Å²) in [6, 6.07) is 4.20. The molecule has 0 N–H and O–H groups in total. The molecule has 1 aliphatic heterocycles. The van der Waals surface area contributed by atoms with E-state index >= 15 is 0 Å². The van der Waals surface area contributed by atoms with Crippen molar-refractivity contribution in [3.8, 4) is 0 Å². The van der Waals surface area contributed by atoms with Crippen molar-refractivity contribution in [2.45, 2.75) is 30.3 Å². The molecule has 2 rings (SSSR count). The molecule has 3 nitrogen and oxygen atoms in total. The number of benzene rings is 1. The maximum atomic E-state index is 13.1. The molecule has 1 aliphatic rings. The van der Waals surface area contributed by atoms with Crippen LogP contribution in [0.25, 0.3) is 0 Å². The molecule has 1 heterocycles. The highest BCUT2D eigenvalue weighted by atomic mass is 32.1. The summed E-state index contributed by atoms with van der Waals surface area (Å²) in [5.74, 6) is -0.553. The Hall–Kier alpha value is -1.07. The van der Waals surface area contributed by atoms with Gasteiger partial charge in [0.05, 0.1) is 6.10 Å². The Kier molecular flexibility index (Phi) is 4.82. The van der Waals surface area contributed by atoms with Gasteiger partial charge < -0.3 is 9.64 Å². The summed E-state index contributed by atoms with van der Waals surface area (Å²) >= 11 is 3.99. The summed E-state index contributed by atoms with van der Waals surface area (Å²) < 4.78 is 18.7. The highest BCUT2D eigenvalue weighted by Crippen LogP contribution is 2.17. The third-order valence-corrected chi connectivity index (χ3v) is 3.63. The van der Waals surface area contributed by atoms with Crippen LogP contribution in [0.5, 0.6) is 0 Å². The molecule has 1 aromatic carbocycles. The van der Waals surface area contributed by atoms with Gasteiger partial charge in [-0.1, -0.05) is 0 Å². The Morgan fingerprint density at radius 2 is 2.32 bits per heavy atom. The van der Waals surface area contributed by atoms with Crippen LogP contribution in [0.3, 0.4) is 0 Å². The van der Waals surface area contributed by atoms with E-state index in [0.29, 0.717) is 12.1 Å². The number of carbonyl (C=O) groups is 1. The first-order valence-corrected chi connectivity index (χ1v) is 6.88. The molecule has 1 fully saturated rings. The maximum absolute atomic E-state index is 13.1. The number of amides is 1. The number of ether oxygens (including phenoxy) is 1. The lowest BCUT2D eigenvalue weighted by atomic mass is 10.1. The van der Waals surface area contributed by atoms with Crippen LogP contribution in [-0.4, -0.2) is 37.1 Å². The van der Waals surface area contributed by atoms with E-state index in [4.69, 9.17) is 4.74 Å². The van der Waals surface area contributed by atoms with Gasteiger partial charge in [0.2, 0.25) is 0 Å². The van der Waals surface area contributed by atoms with Crippen molar-refractivity contribution in [1.82, 2.24) is 4.90 Å². The molecule has 5 heteroatoms. The topological polar surface area (TPSA) is 29.5 Å². The van der Waals surface area contributed by atoms with Crippen molar-refractivity contribution in [1.29, 1.82) is 0 Å². The highest BCUT2D eigenvalue weighted by Gasteiger charge is 2.20. The number of thiol groups is 1. The van der Waals surface area contributed by atoms with E-state index in [1.54, 1.807) is 11.9 Å². The summed E-state index contributed by atoms with van der Waals surface area (Å²) in [7, 11) is 1.74. The first-order valence-electron chi connectivity index (χ1n) is 6.43. The molecule has 19 heavy (non-hydrogen) atoms. The first kappa shape index (κ1) is 14.3. The molecule has 0 radical (unpaired) electrons. The number of halogens is 1. The van der Waals surface area contributed by atoms with Crippen molar-refractivity contribution in [3.63, 3.8) is 0 Å². The molecule has 1 amide bonds. The van der Waals surface area contributed by atoms with Crippen molar-refractivity contribution in [2.24, 2.45) is 0 Å². The molecule has 1 saturated heterocycles. The minimum absolute atomic E-state index is 0.110. The molecule has 1 unspecified atom stereocenters. The average Bonchev–Trinajstić information content (AvgIpc) is 2.42.